The van der Waals surface area contributed by atoms with Gasteiger partial charge in [0.05, 0.1) is 33.4 Å². The molecule has 1 fully saturated rings. The fourth-order valence-electron chi connectivity index (χ4n) is 5.19. The zero-order chi connectivity index (χ0) is 29.8. The molecule has 0 saturated carbocycles. The number of furan rings is 1. The van der Waals surface area contributed by atoms with Crippen LogP contribution in [0.4, 0.5) is 9.18 Å². The number of piperazine rings is 1. The van der Waals surface area contributed by atoms with Gasteiger partial charge in [-0.1, -0.05) is 6.07 Å². The Hall–Kier alpha value is -4.02. The fraction of sp³-hybridized carbons (Fsp3) is 0.312. The minimum absolute atomic E-state index is 0.0497. The molecule has 1 saturated heterocycles. The Morgan fingerprint density at radius 2 is 1.76 bits per heavy atom. The third kappa shape index (κ3) is 6.39. The number of thioether (sulfide) groups is 1. The second-order valence-corrected chi connectivity index (χ2v) is 11.3. The predicted molar refractivity (Wildman–Crippen MR) is 162 cm³/mol. The summed E-state index contributed by atoms with van der Waals surface area (Å²) in [4.78, 5) is 30.6. The Morgan fingerprint density at radius 1 is 1.05 bits per heavy atom. The van der Waals surface area contributed by atoms with Crippen molar-refractivity contribution in [3.05, 3.63) is 82.6 Å². The molecule has 2 aromatic carbocycles. The van der Waals surface area contributed by atoms with E-state index >= 15 is 0 Å². The van der Waals surface area contributed by atoms with Gasteiger partial charge < -0.3 is 29.0 Å². The van der Waals surface area contributed by atoms with Crippen molar-refractivity contribution in [3.8, 4) is 11.5 Å². The number of benzene rings is 2. The van der Waals surface area contributed by atoms with Gasteiger partial charge in [0, 0.05) is 26.2 Å². The number of allylic oxidation sites excluding steroid dienone is 2. The predicted octanol–water partition coefficient (Wildman–Crippen LogP) is 5.93. The summed E-state index contributed by atoms with van der Waals surface area (Å²) >= 11 is 1.10. The standard InChI is InChI=1S/C32H34FN3O5S/c1-20-25(24-8-7-22(33)17-27(24)26(20)18-30(37)34-19-23-6-5-13-41-23)14-21-15-28(39-3)31(29(16-21)40-4)42-32(38)36-11-9-35(2)10-12-36/h5-8,13-17H,9-12,18-19H2,1-4H3,(H,34,37). The fourth-order valence-corrected chi connectivity index (χ4v) is 6.17. The minimum atomic E-state index is -0.369. The third-order valence-corrected chi connectivity index (χ3v) is 8.61. The molecule has 220 valence electrons. The molecule has 0 radical (unpaired) electrons. The summed E-state index contributed by atoms with van der Waals surface area (Å²) in [7, 11) is 5.17. The van der Waals surface area contributed by atoms with Crippen LogP contribution in [0.25, 0.3) is 17.2 Å². The zero-order valence-corrected chi connectivity index (χ0v) is 25.0. The Morgan fingerprint density at radius 3 is 2.40 bits per heavy atom. The van der Waals surface area contributed by atoms with Crippen LogP contribution < -0.4 is 14.8 Å². The molecule has 2 amide bonds. The number of ether oxygens (including phenoxy) is 2. The highest BCUT2D eigenvalue weighted by Gasteiger charge is 2.27. The molecule has 42 heavy (non-hydrogen) atoms. The van der Waals surface area contributed by atoms with Crippen LogP contribution in [0.15, 0.2) is 63.6 Å². The van der Waals surface area contributed by atoms with E-state index < -0.39 is 0 Å². The molecule has 5 rings (SSSR count). The number of likely N-dealkylation sites (N-methyl/N-ethyl adjacent to an activating group) is 1. The largest absolute Gasteiger partial charge is 0.495 e. The summed E-state index contributed by atoms with van der Waals surface area (Å²) in [5.41, 5.74) is 4.83. The van der Waals surface area contributed by atoms with Gasteiger partial charge in [-0.3, -0.25) is 9.59 Å². The molecule has 2 aliphatic rings. The molecule has 1 aromatic heterocycles. The van der Waals surface area contributed by atoms with E-state index in [-0.39, 0.29) is 29.9 Å². The van der Waals surface area contributed by atoms with Gasteiger partial charge in [0.1, 0.15) is 28.0 Å². The van der Waals surface area contributed by atoms with Crippen LogP contribution in [0.2, 0.25) is 0 Å². The van der Waals surface area contributed by atoms with Gasteiger partial charge in [0.15, 0.2) is 0 Å². The van der Waals surface area contributed by atoms with Gasteiger partial charge in [0.2, 0.25) is 5.91 Å². The van der Waals surface area contributed by atoms with E-state index in [4.69, 9.17) is 13.9 Å². The number of methoxy groups -OCH3 is 2. The second kappa shape index (κ2) is 12.9. The average molecular weight is 592 g/mol. The lowest BCUT2D eigenvalue weighted by Gasteiger charge is -2.32. The average Bonchev–Trinajstić information content (AvgIpc) is 3.59. The molecule has 0 bridgehead atoms. The van der Waals surface area contributed by atoms with Gasteiger partial charge in [0.25, 0.3) is 5.24 Å². The van der Waals surface area contributed by atoms with Crippen LogP contribution >= 0.6 is 11.8 Å². The summed E-state index contributed by atoms with van der Waals surface area (Å²) < 4.78 is 31.1. The molecule has 0 spiro atoms. The van der Waals surface area contributed by atoms with Crippen molar-refractivity contribution in [3.63, 3.8) is 0 Å². The number of amides is 2. The summed E-state index contributed by atoms with van der Waals surface area (Å²) in [5.74, 6) is 1.13. The molecule has 0 atom stereocenters. The third-order valence-electron chi connectivity index (χ3n) is 7.58. The van der Waals surface area contributed by atoms with E-state index in [0.717, 1.165) is 52.7 Å². The van der Waals surface area contributed by atoms with Crippen LogP contribution in [-0.4, -0.2) is 68.4 Å². The number of halogens is 1. The molecule has 1 N–H and O–H groups in total. The van der Waals surface area contributed by atoms with E-state index in [0.29, 0.717) is 40.8 Å². The van der Waals surface area contributed by atoms with E-state index in [1.165, 1.54) is 12.1 Å². The van der Waals surface area contributed by atoms with Crippen LogP contribution in [-0.2, 0) is 11.3 Å². The van der Waals surface area contributed by atoms with Crippen molar-refractivity contribution in [2.75, 3.05) is 47.4 Å². The van der Waals surface area contributed by atoms with Crippen LogP contribution in [0.3, 0.4) is 0 Å². The quantitative estimate of drug-likeness (QED) is 0.325. The van der Waals surface area contributed by atoms with Crippen molar-refractivity contribution in [2.45, 2.75) is 24.8 Å². The summed E-state index contributed by atoms with van der Waals surface area (Å²) in [6.07, 6.45) is 3.63. The van der Waals surface area contributed by atoms with Gasteiger partial charge in [-0.15, -0.1) is 0 Å². The summed E-state index contributed by atoms with van der Waals surface area (Å²) in [6.45, 7) is 5.22. The number of carbonyl (C=O) groups is 2. The molecule has 0 unspecified atom stereocenters. The summed E-state index contributed by atoms with van der Waals surface area (Å²) in [6, 6.07) is 11.9. The highest BCUT2D eigenvalue weighted by molar-refractivity contribution is 8.13. The van der Waals surface area contributed by atoms with Crippen LogP contribution in [0, 0.1) is 5.82 Å². The maximum Gasteiger partial charge on any atom is 0.286 e. The van der Waals surface area contributed by atoms with Gasteiger partial charge in [-0.05, 0) is 102 Å². The van der Waals surface area contributed by atoms with E-state index in [9.17, 15) is 14.0 Å². The highest BCUT2D eigenvalue weighted by Crippen LogP contribution is 2.46. The molecule has 1 aliphatic carbocycles. The van der Waals surface area contributed by atoms with Crippen molar-refractivity contribution >= 4 is 40.1 Å². The maximum absolute atomic E-state index is 14.4. The lowest BCUT2D eigenvalue weighted by atomic mass is 10.0. The van der Waals surface area contributed by atoms with E-state index in [2.05, 4.69) is 10.2 Å². The Labute approximate surface area is 249 Å². The monoisotopic (exact) mass is 591 g/mol. The number of nitrogens with one attached hydrogen (secondary N) is 1. The molecule has 2 heterocycles. The number of rotatable bonds is 8. The molecular formula is C32H34FN3O5S. The Bertz CT molecular complexity index is 1520. The van der Waals surface area contributed by atoms with Crippen LogP contribution in [0.1, 0.15) is 35.8 Å². The summed E-state index contributed by atoms with van der Waals surface area (Å²) in [5, 5.41) is 2.82. The molecular weight excluding hydrogens is 557 g/mol. The molecule has 3 aromatic rings. The van der Waals surface area contributed by atoms with Crippen molar-refractivity contribution < 1.29 is 27.9 Å². The van der Waals surface area contributed by atoms with E-state index in [1.807, 2.05) is 37.1 Å². The number of hydrogen-bond donors (Lipinski definition) is 1. The topological polar surface area (TPSA) is 84.2 Å². The second-order valence-electron chi connectivity index (χ2n) is 10.3. The lowest BCUT2D eigenvalue weighted by molar-refractivity contribution is -0.120. The normalized spacial score (nSPS) is 16.1. The first kappa shape index (κ1) is 29.5. The molecule has 10 heteroatoms. The Balaban J connectivity index is 1.44. The highest BCUT2D eigenvalue weighted by atomic mass is 32.2. The zero-order valence-electron chi connectivity index (χ0n) is 24.2. The first-order valence-electron chi connectivity index (χ1n) is 13.7. The Kier molecular flexibility index (Phi) is 9.03. The first-order valence-corrected chi connectivity index (χ1v) is 14.5. The number of hydrogen-bond acceptors (Lipinski definition) is 7. The molecule has 8 nitrogen and oxygen atoms in total. The van der Waals surface area contributed by atoms with Crippen molar-refractivity contribution in [2.24, 2.45) is 0 Å². The van der Waals surface area contributed by atoms with E-state index in [1.54, 1.807) is 38.7 Å². The maximum atomic E-state index is 14.4. The minimum Gasteiger partial charge on any atom is -0.495 e. The van der Waals surface area contributed by atoms with Crippen molar-refractivity contribution in [1.29, 1.82) is 0 Å². The van der Waals surface area contributed by atoms with Gasteiger partial charge in [-0.25, -0.2) is 4.39 Å². The van der Waals surface area contributed by atoms with Gasteiger partial charge in [-0.2, -0.15) is 0 Å². The molecule has 1 aliphatic heterocycles. The smallest absolute Gasteiger partial charge is 0.286 e. The number of carbonyl (C=O) groups excluding carboxylic acids is 2. The van der Waals surface area contributed by atoms with Gasteiger partial charge >= 0.3 is 0 Å². The number of fused-ring (bicyclic) bond motifs is 1. The lowest BCUT2D eigenvalue weighted by Crippen LogP contribution is -2.45. The van der Waals surface area contributed by atoms with Crippen LogP contribution in [0.5, 0.6) is 11.5 Å². The van der Waals surface area contributed by atoms with Crippen molar-refractivity contribution in [1.82, 2.24) is 15.1 Å². The number of nitrogens with zero attached hydrogens (tertiary/aromatic N) is 2. The SMILES string of the molecule is COc1cc(C=C2C(C)=C(CC(=O)NCc3ccco3)c3cc(F)ccc32)cc(OC)c1SC(=O)N1CCN(C)CC1. The first-order chi connectivity index (χ1) is 20.3.